The molecule has 1 fully saturated rings. The van der Waals surface area contributed by atoms with Crippen LogP contribution in [0.2, 0.25) is 0 Å². The molecule has 1 saturated carbocycles. The Labute approximate surface area is 98.7 Å². The second-order valence-electron chi connectivity index (χ2n) is 4.99. The van der Waals surface area contributed by atoms with Crippen LogP contribution in [0.15, 0.2) is 0 Å². The van der Waals surface area contributed by atoms with Gasteiger partial charge in [-0.2, -0.15) is 0 Å². The van der Waals surface area contributed by atoms with Crippen molar-refractivity contribution in [3.8, 4) is 0 Å². The number of carboxylic acids is 1. The van der Waals surface area contributed by atoms with Gasteiger partial charge in [0.05, 0.1) is 0 Å². The van der Waals surface area contributed by atoms with Crippen LogP contribution in [-0.2, 0) is 9.59 Å². The van der Waals surface area contributed by atoms with Crippen LogP contribution in [0, 0.1) is 0 Å². The van der Waals surface area contributed by atoms with Crippen molar-refractivity contribution < 1.29 is 19.5 Å². The lowest BCUT2D eigenvalue weighted by molar-refractivity contribution is -0.140. The Hall–Kier alpha value is -1.79. The van der Waals surface area contributed by atoms with Crippen LogP contribution in [-0.4, -0.2) is 34.1 Å². The van der Waals surface area contributed by atoms with E-state index in [1.165, 1.54) is 0 Å². The van der Waals surface area contributed by atoms with Crippen molar-refractivity contribution in [2.24, 2.45) is 5.73 Å². The van der Waals surface area contributed by atoms with Crippen molar-refractivity contribution in [2.45, 2.75) is 44.2 Å². The van der Waals surface area contributed by atoms with Crippen LogP contribution in [0.25, 0.3) is 0 Å². The van der Waals surface area contributed by atoms with Crippen LogP contribution in [0.5, 0.6) is 0 Å². The van der Waals surface area contributed by atoms with Gasteiger partial charge in [-0.05, 0) is 26.7 Å². The average molecular weight is 243 g/mol. The second kappa shape index (κ2) is 4.23. The van der Waals surface area contributed by atoms with Gasteiger partial charge < -0.3 is 21.5 Å². The highest BCUT2D eigenvalue weighted by atomic mass is 16.4. The van der Waals surface area contributed by atoms with Crippen LogP contribution in [0.3, 0.4) is 0 Å². The van der Waals surface area contributed by atoms with E-state index in [9.17, 15) is 14.4 Å². The summed E-state index contributed by atoms with van der Waals surface area (Å²) >= 11 is 0. The number of hydrogen-bond acceptors (Lipinski definition) is 3. The first-order valence-electron chi connectivity index (χ1n) is 5.29. The normalized spacial score (nSPS) is 17.1. The van der Waals surface area contributed by atoms with Crippen molar-refractivity contribution in [3.63, 3.8) is 0 Å². The number of nitrogens with two attached hydrogens (primary N) is 1. The van der Waals surface area contributed by atoms with E-state index in [-0.39, 0.29) is 6.42 Å². The van der Waals surface area contributed by atoms with Gasteiger partial charge in [0.2, 0.25) is 5.91 Å². The number of urea groups is 1. The van der Waals surface area contributed by atoms with Crippen LogP contribution in [0.4, 0.5) is 4.79 Å². The largest absolute Gasteiger partial charge is 0.480 e. The van der Waals surface area contributed by atoms with Gasteiger partial charge in [-0.3, -0.25) is 4.79 Å². The van der Waals surface area contributed by atoms with Gasteiger partial charge in [0, 0.05) is 12.0 Å². The number of aliphatic carboxylic acids is 1. The molecule has 0 aliphatic heterocycles. The molecular formula is C10H17N3O4. The molecule has 0 aromatic carbocycles. The Morgan fingerprint density at radius 1 is 1.35 bits per heavy atom. The lowest BCUT2D eigenvalue weighted by Gasteiger charge is -2.26. The molecule has 0 radical (unpaired) electrons. The molecule has 0 atom stereocenters. The predicted octanol–water partition coefficient (Wildman–Crippen LogP) is -0.443. The van der Waals surface area contributed by atoms with Crippen molar-refractivity contribution in [3.05, 3.63) is 0 Å². The third-order valence-electron chi connectivity index (χ3n) is 2.58. The first-order chi connectivity index (χ1) is 7.67. The summed E-state index contributed by atoms with van der Waals surface area (Å²) in [6.45, 7) is 3.27. The minimum Gasteiger partial charge on any atom is -0.480 e. The molecule has 96 valence electrons. The third-order valence-corrected chi connectivity index (χ3v) is 2.58. The summed E-state index contributed by atoms with van der Waals surface area (Å²) in [4.78, 5) is 33.2. The molecule has 0 heterocycles. The molecule has 0 aromatic rings. The maximum absolute atomic E-state index is 11.6. The van der Waals surface area contributed by atoms with E-state index in [1.807, 2.05) is 0 Å². The second-order valence-corrected chi connectivity index (χ2v) is 4.99. The van der Waals surface area contributed by atoms with Crippen molar-refractivity contribution in [1.82, 2.24) is 10.6 Å². The van der Waals surface area contributed by atoms with Crippen LogP contribution in [0.1, 0.15) is 33.1 Å². The molecule has 0 spiro atoms. The first kappa shape index (κ1) is 13.3. The van der Waals surface area contributed by atoms with E-state index in [0.29, 0.717) is 12.8 Å². The molecule has 7 heteroatoms. The zero-order valence-electron chi connectivity index (χ0n) is 9.87. The molecule has 1 aliphatic carbocycles. The van der Waals surface area contributed by atoms with Gasteiger partial charge in [-0.1, -0.05) is 0 Å². The number of hydrogen-bond donors (Lipinski definition) is 4. The van der Waals surface area contributed by atoms with Gasteiger partial charge in [0.25, 0.3) is 0 Å². The summed E-state index contributed by atoms with van der Waals surface area (Å²) in [6, 6.07) is -0.601. The topological polar surface area (TPSA) is 122 Å². The minimum atomic E-state index is -1.13. The zero-order chi connectivity index (χ0) is 13.3. The summed E-state index contributed by atoms with van der Waals surface area (Å²) in [7, 11) is 0. The molecule has 0 aromatic heterocycles. The monoisotopic (exact) mass is 243 g/mol. The number of nitrogens with one attached hydrogen (secondary N) is 2. The highest BCUT2D eigenvalue weighted by Crippen LogP contribution is 2.35. The molecule has 17 heavy (non-hydrogen) atoms. The Morgan fingerprint density at radius 2 is 1.88 bits per heavy atom. The van der Waals surface area contributed by atoms with Crippen molar-refractivity contribution in [2.75, 3.05) is 0 Å². The Balaban J connectivity index is 2.50. The van der Waals surface area contributed by atoms with Gasteiger partial charge in [0.15, 0.2) is 0 Å². The lowest BCUT2D eigenvalue weighted by Crippen LogP contribution is -2.54. The first-order valence-corrected chi connectivity index (χ1v) is 5.29. The molecular weight excluding hydrogens is 226 g/mol. The van der Waals surface area contributed by atoms with E-state index in [2.05, 4.69) is 10.6 Å². The molecule has 0 saturated heterocycles. The highest BCUT2D eigenvalue weighted by Gasteiger charge is 2.52. The van der Waals surface area contributed by atoms with Crippen LogP contribution >= 0.6 is 0 Å². The predicted molar refractivity (Wildman–Crippen MR) is 59.2 cm³/mol. The van der Waals surface area contributed by atoms with Gasteiger partial charge >= 0.3 is 12.0 Å². The maximum Gasteiger partial charge on any atom is 0.329 e. The summed E-state index contributed by atoms with van der Waals surface area (Å²) in [5.74, 6) is -1.57. The third kappa shape index (κ3) is 3.61. The molecule has 7 nitrogen and oxygen atoms in total. The lowest BCUT2D eigenvalue weighted by atomic mass is 10.0. The standard InChI is InChI=1S/C10H17N3O4/c1-9(2,5-6(11)14)12-8(17)13-10(3-4-10)7(15)16/h3-5H2,1-2H3,(H2,11,14)(H,15,16)(H2,12,13,17). The number of carbonyl (C=O) groups is 3. The van der Waals surface area contributed by atoms with Crippen molar-refractivity contribution in [1.29, 1.82) is 0 Å². The average Bonchev–Trinajstić information content (AvgIpc) is 2.80. The number of primary amides is 1. The molecule has 0 unspecified atom stereocenters. The Kier molecular flexibility index (Phi) is 3.30. The van der Waals surface area contributed by atoms with Gasteiger partial charge in [-0.15, -0.1) is 0 Å². The van der Waals surface area contributed by atoms with Gasteiger partial charge in [0.1, 0.15) is 5.54 Å². The summed E-state index contributed by atoms with van der Waals surface area (Å²) in [6.07, 6.45) is 0.832. The van der Waals surface area contributed by atoms with E-state index in [0.717, 1.165) is 0 Å². The van der Waals surface area contributed by atoms with E-state index >= 15 is 0 Å². The van der Waals surface area contributed by atoms with E-state index in [4.69, 9.17) is 10.8 Å². The smallest absolute Gasteiger partial charge is 0.329 e. The molecule has 1 aliphatic rings. The number of rotatable bonds is 5. The Morgan fingerprint density at radius 3 is 2.24 bits per heavy atom. The molecule has 3 amide bonds. The zero-order valence-corrected chi connectivity index (χ0v) is 9.87. The van der Waals surface area contributed by atoms with Gasteiger partial charge in [-0.25, -0.2) is 9.59 Å². The Bertz CT molecular complexity index is 361. The molecule has 1 rings (SSSR count). The number of carboxylic acid groups (broad SMARTS) is 1. The maximum atomic E-state index is 11.6. The molecule has 5 N–H and O–H groups in total. The number of carbonyl (C=O) groups excluding carboxylic acids is 2. The molecule has 0 bridgehead atoms. The fraction of sp³-hybridized carbons (Fsp3) is 0.700. The number of amides is 3. The minimum absolute atomic E-state index is 0.0134. The van der Waals surface area contributed by atoms with Crippen molar-refractivity contribution >= 4 is 17.9 Å². The summed E-state index contributed by atoms with van der Waals surface area (Å²) < 4.78 is 0. The van der Waals surface area contributed by atoms with E-state index in [1.54, 1.807) is 13.8 Å². The summed E-state index contributed by atoms with van der Waals surface area (Å²) in [5.41, 5.74) is 3.10. The van der Waals surface area contributed by atoms with E-state index < -0.39 is 29.0 Å². The quantitative estimate of drug-likeness (QED) is 0.522. The highest BCUT2D eigenvalue weighted by molar-refractivity contribution is 5.89. The fourth-order valence-electron chi connectivity index (χ4n) is 1.55. The SMILES string of the molecule is CC(C)(CC(N)=O)NC(=O)NC1(C(=O)O)CC1. The summed E-state index contributed by atoms with van der Waals surface area (Å²) in [5, 5.41) is 13.8. The fourth-order valence-corrected chi connectivity index (χ4v) is 1.55. The van der Waals surface area contributed by atoms with Crippen LogP contribution < -0.4 is 16.4 Å².